The van der Waals surface area contributed by atoms with Crippen LogP contribution in [0.25, 0.3) is 0 Å². The van der Waals surface area contributed by atoms with Gasteiger partial charge in [0.25, 0.3) is 17.7 Å². The van der Waals surface area contributed by atoms with E-state index in [4.69, 9.17) is 0 Å². The van der Waals surface area contributed by atoms with Gasteiger partial charge in [-0.15, -0.1) is 0 Å². The molecular weight excluding hydrogens is 327 g/mol. The zero-order chi connectivity index (χ0) is 17.5. The number of benzene rings is 1. The summed E-state index contributed by atoms with van der Waals surface area (Å²) in [5.41, 5.74) is -0.656. The molecule has 0 fully saturated rings. The lowest BCUT2D eigenvalue weighted by atomic mass is 10.1. The maximum Gasteiger partial charge on any atom is 0.433 e. The second-order valence-electron chi connectivity index (χ2n) is 4.93. The van der Waals surface area contributed by atoms with Gasteiger partial charge in [0.05, 0.1) is 16.7 Å². The van der Waals surface area contributed by atoms with Gasteiger partial charge >= 0.3 is 6.18 Å². The number of amides is 3. The Morgan fingerprint density at radius 3 is 2.38 bits per heavy atom. The Bertz CT molecular complexity index is 861. The Hall–Kier alpha value is -3.23. The van der Waals surface area contributed by atoms with E-state index in [1.54, 1.807) is 0 Å². The number of fused-ring (bicyclic) bond motifs is 1. The summed E-state index contributed by atoms with van der Waals surface area (Å²) in [6.07, 6.45) is -3.78. The first kappa shape index (κ1) is 15.7. The average Bonchev–Trinajstić information content (AvgIpc) is 2.81. The molecule has 2 heterocycles. The van der Waals surface area contributed by atoms with Gasteiger partial charge in [-0.25, -0.2) is 0 Å². The van der Waals surface area contributed by atoms with Gasteiger partial charge in [-0.3, -0.25) is 24.7 Å². The Morgan fingerprint density at radius 2 is 1.75 bits per heavy atom. The molecule has 1 aromatic carbocycles. The van der Waals surface area contributed by atoms with Crippen LogP contribution in [0.5, 0.6) is 0 Å². The third-order valence-corrected chi connectivity index (χ3v) is 3.31. The molecule has 3 rings (SSSR count). The lowest BCUT2D eigenvalue weighted by Gasteiger charge is -2.08. The maximum atomic E-state index is 12.4. The van der Waals surface area contributed by atoms with E-state index in [2.05, 4.69) is 15.6 Å². The van der Waals surface area contributed by atoms with E-state index in [1.807, 2.05) is 0 Å². The van der Waals surface area contributed by atoms with Crippen molar-refractivity contribution in [1.29, 1.82) is 0 Å². The molecule has 0 unspecified atom stereocenters. The average molecular weight is 335 g/mol. The number of hydrogen-bond donors (Lipinski definition) is 2. The summed E-state index contributed by atoms with van der Waals surface area (Å²) in [5.74, 6) is -1.80. The number of anilines is 1. The van der Waals surface area contributed by atoms with Gasteiger partial charge in [0.15, 0.2) is 0 Å². The van der Waals surface area contributed by atoms with E-state index >= 15 is 0 Å². The molecule has 1 aromatic heterocycles. The molecule has 0 saturated carbocycles. The van der Waals surface area contributed by atoms with Gasteiger partial charge in [-0.1, -0.05) is 0 Å². The lowest BCUT2D eigenvalue weighted by Crippen LogP contribution is -2.19. The molecule has 2 aromatic rings. The summed E-state index contributed by atoms with van der Waals surface area (Å²) in [5, 5.41) is 4.54. The monoisotopic (exact) mass is 335 g/mol. The summed E-state index contributed by atoms with van der Waals surface area (Å²) in [7, 11) is 0. The standard InChI is InChI=1S/C15H8F3N3O3/c16-15(17,18)11-4-1-7(6-19-11)12(22)20-8-2-3-9-10(5-8)14(24)21-13(9)23/h1-6H,(H,20,22)(H,21,23,24). The first-order chi connectivity index (χ1) is 11.3. The number of hydrogen-bond acceptors (Lipinski definition) is 4. The molecule has 122 valence electrons. The fourth-order valence-electron chi connectivity index (χ4n) is 2.14. The van der Waals surface area contributed by atoms with Gasteiger partial charge in [0, 0.05) is 11.9 Å². The Kier molecular flexibility index (Phi) is 3.55. The lowest BCUT2D eigenvalue weighted by molar-refractivity contribution is -0.141. The van der Waals surface area contributed by atoms with Crippen LogP contribution in [0, 0.1) is 0 Å². The fourth-order valence-corrected chi connectivity index (χ4v) is 2.14. The predicted octanol–water partition coefficient (Wildman–Crippen LogP) is 2.24. The normalized spacial score (nSPS) is 13.5. The summed E-state index contributed by atoms with van der Waals surface area (Å²) in [6.45, 7) is 0. The number of nitrogens with zero attached hydrogens (tertiary/aromatic N) is 1. The molecule has 9 heteroatoms. The van der Waals surface area contributed by atoms with Crippen molar-refractivity contribution in [2.45, 2.75) is 6.18 Å². The zero-order valence-electron chi connectivity index (χ0n) is 11.8. The van der Waals surface area contributed by atoms with Gasteiger partial charge < -0.3 is 5.32 Å². The summed E-state index contributed by atoms with van der Waals surface area (Å²) >= 11 is 0. The van der Waals surface area contributed by atoms with Crippen molar-refractivity contribution in [2.24, 2.45) is 0 Å². The van der Waals surface area contributed by atoms with Crippen molar-refractivity contribution in [3.8, 4) is 0 Å². The molecule has 0 radical (unpaired) electrons. The highest BCUT2D eigenvalue weighted by atomic mass is 19.4. The SMILES string of the molecule is O=C(Nc1ccc2c(c1)C(=O)NC2=O)c1ccc(C(F)(F)F)nc1. The fraction of sp³-hybridized carbons (Fsp3) is 0.0667. The van der Waals surface area contributed by atoms with Crippen molar-refractivity contribution in [3.63, 3.8) is 0 Å². The van der Waals surface area contributed by atoms with Crippen LogP contribution in [0.3, 0.4) is 0 Å². The third-order valence-electron chi connectivity index (χ3n) is 3.31. The highest BCUT2D eigenvalue weighted by molar-refractivity contribution is 6.22. The molecule has 6 nitrogen and oxygen atoms in total. The van der Waals surface area contributed by atoms with Gasteiger partial charge in [0.2, 0.25) is 0 Å². The van der Waals surface area contributed by atoms with E-state index in [0.717, 1.165) is 12.3 Å². The Morgan fingerprint density at radius 1 is 1.04 bits per heavy atom. The van der Waals surface area contributed by atoms with Gasteiger partial charge in [0.1, 0.15) is 5.69 Å². The molecule has 3 amide bonds. The van der Waals surface area contributed by atoms with E-state index in [-0.39, 0.29) is 22.4 Å². The largest absolute Gasteiger partial charge is 0.433 e. The van der Waals surface area contributed by atoms with E-state index in [1.165, 1.54) is 18.2 Å². The van der Waals surface area contributed by atoms with Crippen LogP contribution in [0.15, 0.2) is 36.5 Å². The Labute approximate surface area is 132 Å². The summed E-state index contributed by atoms with van der Waals surface area (Å²) < 4.78 is 37.3. The highest BCUT2D eigenvalue weighted by Gasteiger charge is 2.32. The molecule has 0 aliphatic carbocycles. The van der Waals surface area contributed by atoms with Gasteiger partial charge in [-0.05, 0) is 30.3 Å². The molecule has 0 spiro atoms. The molecule has 2 N–H and O–H groups in total. The van der Waals surface area contributed by atoms with E-state index in [9.17, 15) is 27.6 Å². The number of imide groups is 1. The van der Waals surface area contributed by atoms with Crippen LogP contribution in [0.2, 0.25) is 0 Å². The van der Waals surface area contributed by atoms with Gasteiger partial charge in [-0.2, -0.15) is 13.2 Å². The van der Waals surface area contributed by atoms with E-state index < -0.39 is 29.6 Å². The number of nitrogens with one attached hydrogen (secondary N) is 2. The number of carbonyl (C=O) groups is 3. The molecule has 0 bridgehead atoms. The second-order valence-corrected chi connectivity index (χ2v) is 4.93. The minimum Gasteiger partial charge on any atom is -0.322 e. The highest BCUT2D eigenvalue weighted by Crippen LogP contribution is 2.27. The van der Waals surface area contributed by atoms with Crippen molar-refractivity contribution in [3.05, 3.63) is 58.9 Å². The minimum absolute atomic E-state index is 0.0796. The smallest absolute Gasteiger partial charge is 0.322 e. The number of alkyl halides is 3. The summed E-state index contributed by atoms with van der Waals surface area (Å²) in [4.78, 5) is 38.2. The minimum atomic E-state index is -4.59. The molecule has 1 aliphatic rings. The quantitative estimate of drug-likeness (QED) is 0.824. The number of halogens is 3. The molecule has 1 aliphatic heterocycles. The summed E-state index contributed by atoms with van der Waals surface area (Å²) in [6, 6.07) is 5.78. The molecular formula is C15H8F3N3O3. The van der Waals surface area contributed by atoms with Crippen LogP contribution < -0.4 is 10.6 Å². The number of carbonyl (C=O) groups excluding carboxylic acids is 3. The van der Waals surface area contributed by atoms with Crippen LogP contribution in [0.4, 0.5) is 18.9 Å². The number of rotatable bonds is 2. The second kappa shape index (κ2) is 5.44. The van der Waals surface area contributed by atoms with Crippen molar-refractivity contribution < 1.29 is 27.6 Å². The van der Waals surface area contributed by atoms with Crippen molar-refractivity contribution in [2.75, 3.05) is 5.32 Å². The third kappa shape index (κ3) is 2.83. The van der Waals surface area contributed by atoms with E-state index in [0.29, 0.717) is 6.07 Å². The molecule has 24 heavy (non-hydrogen) atoms. The topological polar surface area (TPSA) is 88.2 Å². The Balaban J connectivity index is 1.79. The zero-order valence-corrected chi connectivity index (χ0v) is 11.8. The predicted molar refractivity (Wildman–Crippen MR) is 75.4 cm³/mol. The number of aromatic nitrogens is 1. The van der Waals surface area contributed by atoms with Crippen LogP contribution in [-0.2, 0) is 6.18 Å². The van der Waals surface area contributed by atoms with Crippen molar-refractivity contribution in [1.82, 2.24) is 10.3 Å². The van der Waals surface area contributed by atoms with Crippen LogP contribution in [0.1, 0.15) is 36.8 Å². The van der Waals surface area contributed by atoms with Crippen LogP contribution >= 0.6 is 0 Å². The van der Waals surface area contributed by atoms with Crippen LogP contribution in [-0.4, -0.2) is 22.7 Å². The number of pyridine rings is 1. The molecule has 0 atom stereocenters. The molecule has 0 saturated heterocycles. The maximum absolute atomic E-state index is 12.4. The first-order valence-corrected chi connectivity index (χ1v) is 6.60. The van der Waals surface area contributed by atoms with Crippen molar-refractivity contribution >= 4 is 23.4 Å². The first-order valence-electron chi connectivity index (χ1n) is 6.60.